The summed E-state index contributed by atoms with van der Waals surface area (Å²) in [7, 11) is 1.66. The second-order valence-electron chi connectivity index (χ2n) is 1.63. The molecule has 1 amide bonds. The van der Waals surface area contributed by atoms with E-state index in [0.717, 1.165) is 0 Å². The van der Waals surface area contributed by atoms with Crippen molar-refractivity contribution in [3.8, 4) is 0 Å². The zero-order valence-electron chi connectivity index (χ0n) is 7.79. The highest BCUT2D eigenvalue weighted by Gasteiger charge is 1.95. The Morgan fingerprint density at radius 3 is 2.18 bits per heavy atom. The second kappa shape index (κ2) is 8.95. The first kappa shape index (κ1) is 12.6. The fourth-order valence-corrected chi connectivity index (χ4v) is 0.350. The van der Waals surface area contributed by atoms with Gasteiger partial charge in [0.1, 0.15) is 0 Å². The fourth-order valence-electron chi connectivity index (χ4n) is 0.350. The molecule has 0 saturated carbocycles. The van der Waals surface area contributed by atoms with Crippen molar-refractivity contribution in [2.75, 3.05) is 7.05 Å². The van der Waals surface area contributed by atoms with Crippen molar-refractivity contribution in [2.45, 2.75) is 20.8 Å². The van der Waals surface area contributed by atoms with E-state index in [1.54, 1.807) is 20.0 Å². The van der Waals surface area contributed by atoms with Crippen molar-refractivity contribution in [1.82, 2.24) is 4.90 Å². The quantitative estimate of drug-likeness (QED) is 0.560. The van der Waals surface area contributed by atoms with E-state index in [2.05, 4.69) is 6.58 Å². The fraction of sp³-hybridized carbons (Fsp3) is 0.444. The molecule has 0 unspecified atom stereocenters. The predicted molar refractivity (Wildman–Crippen MR) is 49.1 cm³/mol. The minimum absolute atomic E-state index is 0.0486. The van der Waals surface area contributed by atoms with Crippen molar-refractivity contribution >= 4 is 5.91 Å². The molecule has 0 saturated heterocycles. The Bertz CT molecular complexity index is 138. The molecule has 0 atom stereocenters. The van der Waals surface area contributed by atoms with Crippen LogP contribution in [0.4, 0.5) is 0 Å². The molecule has 0 aromatic rings. The van der Waals surface area contributed by atoms with Gasteiger partial charge in [-0.1, -0.05) is 26.5 Å². The van der Waals surface area contributed by atoms with Gasteiger partial charge in [0.15, 0.2) is 0 Å². The maximum absolute atomic E-state index is 10.7. The minimum Gasteiger partial charge on any atom is -0.319 e. The molecule has 2 nitrogen and oxygen atoms in total. The smallest absolute Gasteiger partial charge is 0.249 e. The first-order valence-electron chi connectivity index (χ1n) is 3.74. The Balaban J connectivity index is 0. The van der Waals surface area contributed by atoms with E-state index in [1.165, 1.54) is 17.2 Å². The van der Waals surface area contributed by atoms with E-state index in [1.807, 2.05) is 13.8 Å². The summed E-state index contributed by atoms with van der Waals surface area (Å²) < 4.78 is 0. The Morgan fingerprint density at radius 1 is 1.45 bits per heavy atom. The van der Waals surface area contributed by atoms with E-state index in [0.29, 0.717) is 0 Å². The van der Waals surface area contributed by atoms with Crippen LogP contribution >= 0.6 is 0 Å². The van der Waals surface area contributed by atoms with Gasteiger partial charge < -0.3 is 4.90 Å². The Labute approximate surface area is 69.2 Å². The predicted octanol–water partition coefficient (Wildman–Crippen LogP) is 2.19. The van der Waals surface area contributed by atoms with Crippen LogP contribution in [0, 0.1) is 0 Å². The van der Waals surface area contributed by atoms with Gasteiger partial charge in [0, 0.05) is 7.05 Å². The average molecular weight is 155 g/mol. The van der Waals surface area contributed by atoms with E-state index in [-0.39, 0.29) is 5.91 Å². The zero-order valence-corrected chi connectivity index (χ0v) is 7.79. The van der Waals surface area contributed by atoms with Crippen LogP contribution in [0.15, 0.2) is 24.9 Å². The van der Waals surface area contributed by atoms with Crippen molar-refractivity contribution in [3.05, 3.63) is 24.9 Å². The second-order valence-corrected chi connectivity index (χ2v) is 1.63. The van der Waals surface area contributed by atoms with Crippen LogP contribution in [0.3, 0.4) is 0 Å². The topological polar surface area (TPSA) is 20.3 Å². The van der Waals surface area contributed by atoms with Gasteiger partial charge in [0.25, 0.3) is 0 Å². The summed E-state index contributed by atoms with van der Waals surface area (Å²) in [6.07, 6.45) is 4.66. The number of carbonyl (C=O) groups excluding carboxylic acids is 1. The molecule has 64 valence electrons. The lowest BCUT2D eigenvalue weighted by molar-refractivity contribution is -0.122. The highest BCUT2D eigenvalue weighted by Crippen LogP contribution is 1.84. The number of amides is 1. The zero-order chi connectivity index (χ0) is 9.28. The molecule has 11 heavy (non-hydrogen) atoms. The van der Waals surface area contributed by atoms with Gasteiger partial charge in [0.2, 0.25) is 5.91 Å². The SMILES string of the molecule is C=CN(C)C(=O)/C=C\C.CC. The number of nitrogens with zero attached hydrogens (tertiary/aromatic N) is 1. The number of allylic oxidation sites excluding steroid dienone is 1. The highest BCUT2D eigenvalue weighted by molar-refractivity contribution is 5.87. The van der Waals surface area contributed by atoms with Crippen LogP contribution in [-0.2, 0) is 4.79 Å². The normalized spacial score (nSPS) is 8.36. The van der Waals surface area contributed by atoms with E-state index in [9.17, 15) is 4.79 Å². The van der Waals surface area contributed by atoms with Crippen molar-refractivity contribution in [2.24, 2.45) is 0 Å². The van der Waals surface area contributed by atoms with Gasteiger partial charge in [0.05, 0.1) is 0 Å². The molecule has 2 heteroatoms. The summed E-state index contributed by atoms with van der Waals surface area (Å²) in [5.41, 5.74) is 0. The van der Waals surface area contributed by atoms with Gasteiger partial charge in [-0.2, -0.15) is 0 Å². The lowest BCUT2D eigenvalue weighted by atomic mass is 10.5. The minimum atomic E-state index is -0.0486. The molecule has 0 fully saturated rings. The molecule has 0 aromatic heterocycles. The summed E-state index contributed by atoms with van der Waals surface area (Å²) >= 11 is 0. The molecule has 0 spiro atoms. The van der Waals surface area contributed by atoms with Gasteiger partial charge in [-0.05, 0) is 19.2 Å². The largest absolute Gasteiger partial charge is 0.319 e. The third kappa shape index (κ3) is 6.84. The number of likely N-dealkylation sites (N-methyl/N-ethyl adjacent to an activating group) is 1. The molecule has 0 aliphatic heterocycles. The van der Waals surface area contributed by atoms with Gasteiger partial charge in [-0.15, -0.1) is 0 Å². The van der Waals surface area contributed by atoms with Gasteiger partial charge in [-0.3, -0.25) is 4.79 Å². The van der Waals surface area contributed by atoms with E-state index >= 15 is 0 Å². The summed E-state index contributed by atoms with van der Waals surface area (Å²) in [5.74, 6) is -0.0486. The van der Waals surface area contributed by atoms with E-state index in [4.69, 9.17) is 0 Å². The first-order valence-corrected chi connectivity index (χ1v) is 3.74. The summed E-state index contributed by atoms with van der Waals surface area (Å²) in [4.78, 5) is 12.2. The molecule has 0 rings (SSSR count). The monoisotopic (exact) mass is 155 g/mol. The molecule has 0 N–H and O–H groups in total. The summed E-state index contributed by atoms with van der Waals surface area (Å²) in [5, 5.41) is 0. The Morgan fingerprint density at radius 2 is 1.91 bits per heavy atom. The third-order valence-corrected chi connectivity index (χ3v) is 0.931. The summed E-state index contributed by atoms with van der Waals surface area (Å²) in [6, 6.07) is 0. The van der Waals surface area contributed by atoms with E-state index < -0.39 is 0 Å². The molecule has 0 aliphatic carbocycles. The number of rotatable bonds is 2. The van der Waals surface area contributed by atoms with Gasteiger partial charge in [-0.25, -0.2) is 0 Å². The third-order valence-electron chi connectivity index (χ3n) is 0.931. The molecule has 0 radical (unpaired) electrons. The molecule has 0 aliphatic rings. The van der Waals surface area contributed by atoms with Crippen molar-refractivity contribution in [1.29, 1.82) is 0 Å². The number of hydrogen-bond donors (Lipinski definition) is 0. The molecule has 0 heterocycles. The molecule has 0 bridgehead atoms. The van der Waals surface area contributed by atoms with Crippen LogP contribution in [0.25, 0.3) is 0 Å². The van der Waals surface area contributed by atoms with Gasteiger partial charge >= 0.3 is 0 Å². The molecular weight excluding hydrogens is 138 g/mol. The first-order chi connectivity index (χ1) is 5.22. The molecular formula is C9H17NO. The van der Waals surface area contributed by atoms with Crippen LogP contribution in [0.1, 0.15) is 20.8 Å². The van der Waals surface area contributed by atoms with Crippen molar-refractivity contribution in [3.63, 3.8) is 0 Å². The van der Waals surface area contributed by atoms with Crippen molar-refractivity contribution < 1.29 is 4.79 Å². The maximum atomic E-state index is 10.7. The molecule has 0 aromatic carbocycles. The number of carbonyl (C=O) groups is 1. The Kier molecular flexibility index (Phi) is 10.3. The average Bonchev–Trinajstić information content (AvgIpc) is 2.07. The van der Waals surface area contributed by atoms with Crippen LogP contribution in [0.5, 0.6) is 0 Å². The maximum Gasteiger partial charge on any atom is 0.249 e. The Hall–Kier alpha value is -1.05. The number of hydrogen-bond acceptors (Lipinski definition) is 1. The van der Waals surface area contributed by atoms with Crippen LogP contribution < -0.4 is 0 Å². The standard InChI is InChI=1S/C7H11NO.C2H6/c1-4-6-7(9)8(3)5-2;1-2/h4-6H,2H2,1,3H3;1-2H3/b6-4-;. The van der Waals surface area contributed by atoms with Crippen LogP contribution in [0.2, 0.25) is 0 Å². The van der Waals surface area contributed by atoms with Crippen LogP contribution in [-0.4, -0.2) is 17.9 Å². The summed E-state index contributed by atoms with van der Waals surface area (Å²) in [6.45, 7) is 9.24. The lowest BCUT2D eigenvalue weighted by Crippen LogP contribution is -2.17. The lowest BCUT2D eigenvalue weighted by Gasteiger charge is -2.05. The highest BCUT2D eigenvalue weighted by atomic mass is 16.2.